The van der Waals surface area contributed by atoms with E-state index in [1.807, 2.05) is 51.1 Å². The number of ketones is 1. The predicted octanol–water partition coefficient (Wildman–Crippen LogP) is 3.85. The topological polar surface area (TPSA) is 26.3 Å². The van der Waals surface area contributed by atoms with Gasteiger partial charge in [-0.15, -0.1) is 0 Å². The number of hydrogen-bond donors (Lipinski definition) is 0. The van der Waals surface area contributed by atoms with Crippen molar-refractivity contribution in [3.8, 4) is 5.75 Å². The minimum absolute atomic E-state index is 0.0620. The molecule has 0 aromatic heterocycles. The number of hydrogen-bond acceptors (Lipinski definition) is 2. The van der Waals surface area contributed by atoms with Crippen LogP contribution in [0.1, 0.15) is 32.6 Å². The second-order valence-electron chi connectivity index (χ2n) is 4.89. The lowest BCUT2D eigenvalue weighted by Gasteiger charge is -2.08. The zero-order valence-corrected chi connectivity index (χ0v) is 11.8. The normalized spacial score (nSPS) is 10.3. The lowest BCUT2D eigenvalue weighted by Crippen LogP contribution is -2.04. The fraction of sp³-hybridized carbons (Fsp3) is 0.235. The summed E-state index contributed by atoms with van der Waals surface area (Å²) in [5.41, 5.74) is 4.61. The van der Waals surface area contributed by atoms with Crippen LogP contribution in [0.2, 0.25) is 0 Å². The maximum absolute atomic E-state index is 12.5. The molecule has 19 heavy (non-hydrogen) atoms. The fourth-order valence-electron chi connectivity index (χ4n) is 2.28. The van der Waals surface area contributed by atoms with Crippen LogP contribution in [-0.4, -0.2) is 12.9 Å². The van der Waals surface area contributed by atoms with Crippen LogP contribution >= 0.6 is 0 Å². The number of methoxy groups -OCH3 is 1. The van der Waals surface area contributed by atoms with Crippen molar-refractivity contribution in [2.45, 2.75) is 20.8 Å². The molecule has 0 amide bonds. The molecule has 2 nitrogen and oxygen atoms in total. The minimum atomic E-state index is 0.0620. The van der Waals surface area contributed by atoms with Crippen molar-refractivity contribution in [3.63, 3.8) is 0 Å². The Morgan fingerprint density at radius 1 is 0.947 bits per heavy atom. The van der Waals surface area contributed by atoms with Crippen LogP contribution in [0.5, 0.6) is 5.75 Å². The van der Waals surface area contributed by atoms with Gasteiger partial charge >= 0.3 is 0 Å². The van der Waals surface area contributed by atoms with Crippen LogP contribution < -0.4 is 4.74 Å². The van der Waals surface area contributed by atoms with Gasteiger partial charge in [0.05, 0.1) is 7.11 Å². The van der Waals surface area contributed by atoms with E-state index >= 15 is 0 Å². The third-order valence-electron chi connectivity index (χ3n) is 3.16. The lowest BCUT2D eigenvalue weighted by molar-refractivity contribution is 0.103. The highest BCUT2D eigenvalue weighted by atomic mass is 16.5. The summed E-state index contributed by atoms with van der Waals surface area (Å²) in [5, 5.41) is 0. The largest absolute Gasteiger partial charge is 0.497 e. The van der Waals surface area contributed by atoms with Gasteiger partial charge in [0.1, 0.15) is 5.75 Å². The quantitative estimate of drug-likeness (QED) is 0.778. The Labute approximate surface area is 114 Å². The third-order valence-corrected chi connectivity index (χ3v) is 3.16. The van der Waals surface area contributed by atoms with Gasteiger partial charge in [0.25, 0.3) is 0 Å². The predicted molar refractivity (Wildman–Crippen MR) is 77.1 cm³/mol. The van der Waals surface area contributed by atoms with Gasteiger partial charge in [0, 0.05) is 11.1 Å². The van der Waals surface area contributed by atoms with Gasteiger partial charge in [0.2, 0.25) is 0 Å². The van der Waals surface area contributed by atoms with Crippen molar-refractivity contribution >= 4 is 5.78 Å². The minimum Gasteiger partial charge on any atom is -0.497 e. The number of aryl methyl sites for hydroxylation is 3. The maximum atomic E-state index is 12.5. The number of ether oxygens (including phenoxy) is 1. The van der Waals surface area contributed by atoms with E-state index in [0.717, 1.165) is 33.6 Å². The van der Waals surface area contributed by atoms with Gasteiger partial charge in [-0.2, -0.15) is 0 Å². The average molecular weight is 254 g/mol. The summed E-state index contributed by atoms with van der Waals surface area (Å²) in [6.07, 6.45) is 0. The summed E-state index contributed by atoms with van der Waals surface area (Å²) < 4.78 is 5.16. The first kappa shape index (κ1) is 13.3. The van der Waals surface area contributed by atoms with Gasteiger partial charge in [-0.3, -0.25) is 4.79 Å². The first-order valence-electron chi connectivity index (χ1n) is 6.29. The molecule has 0 atom stereocenters. The molecule has 98 valence electrons. The highest BCUT2D eigenvalue weighted by Gasteiger charge is 2.13. The molecule has 0 bridgehead atoms. The highest BCUT2D eigenvalue weighted by Crippen LogP contribution is 2.21. The Hall–Kier alpha value is -2.09. The molecule has 0 saturated heterocycles. The zero-order valence-electron chi connectivity index (χ0n) is 11.8. The van der Waals surface area contributed by atoms with Crippen molar-refractivity contribution < 1.29 is 9.53 Å². The second-order valence-corrected chi connectivity index (χ2v) is 4.89. The Kier molecular flexibility index (Phi) is 3.70. The van der Waals surface area contributed by atoms with Crippen molar-refractivity contribution in [1.82, 2.24) is 0 Å². The Bertz CT molecular complexity index is 607. The SMILES string of the molecule is COc1ccc(C(=O)c2cc(C)cc(C)c2)c(C)c1. The molecule has 2 rings (SSSR count). The highest BCUT2D eigenvalue weighted by molar-refractivity contribution is 6.10. The van der Waals surface area contributed by atoms with Gasteiger partial charge in [-0.25, -0.2) is 0 Å². The first-order chi connectivity index (χ1) is 9.01. The molecule has 0 aliphatic carbocycles. The molecule has 0 radical (unpaired) electrons. The van der Waals surface area contributed by atoms with Crippen LogP contribution in [0.4, 0.5) is 0 Å². The number of benzene rings is 2. The van der Waals surface area contributed by atoms with Crippen molar-refractivity contribution in [1.29, 1.82) is 0 Å². The van der Waals surface area contributed by atoms with Crippen molar-refractivity contribution in [2.24, 2.45) is 0 Å². The average Bonchev–Trinajstić information content (AvgIpc) is 2.36. The molecular weight excluding hydrogens is 236 g/mol. The van der Waals surface area contributed by atoms with Gasteiger partial charge in [-0.1, -0.05) is 17.2 Å². The van der Waals surface area contributed by atoms with Crippen LogP contribution in [0, 0.1) is 20.8 Å². The van der Waals surface area contributed by atoms with Gasteiger partial charge < -0.3 is 4.74 Å². The molecule has 2 aromatic carbocycles. The molecule has 0 fully saturated rings. The van der Waals surface area contributed by atoms with Crippen LogP contribution in [0.15, 0.2) is 36.4 Å². The van der Waals surface area contributed by atoms with E-state index in [1.165, 1.54) is 0 Å². The van der Waals surface area contributed by atoms with Crippen molar-refractivity contribution in [2.75, 3.05) is 7.11 Å². The van der Waals surface area contributed by atoms with E-state index in [0.29, 0.717) is 0 Å². The van der Waals surface area contributed by atoms with E-state index < -0.39 is 0 Å². The molecule has 0 saturated carbocycles. The third kappa shape index (κ3) is 2.84. The Balaban J connectivity index is 2.44. The first-order valence-corrected chi connectivity index (χ1v) is 6.29. The molecule has 0 spiro atoms. The van der Waals surface area contributed by atoms with E-state index in [-0.39, 0.29) is 5.78 Å². The number of carbonyl (C=O) groups is 1. The summed E-state index contributed by atoms with van der Waals surface area (Å²) in [5.74, 6) is 0.835. The molecule has 0 aliphatic heterocycles. The molecule has 2 heteroatoms. The van der Waals surface area contributed by atoms with E-state index in [2.05, 4.69) is 6.07 Å². The van der Waals surface area contributed by atoms with E-state index in [4.69, 9.17) is 4.74 Å². The number of carbonyl (C=O) groups excluding carboxylic acids is 1. The summed E-state index contributed by atoms with van der Waals surface area (Å²) >= 11 is 0. The molecule has 2 aromatic rings. The van der Waals surface area contributed by atoms with Gasteiger partial charge in [-0.05, 0) is 56.7 Å². The number of rotatable bonds is 3. The summed E-state index contributed by atoms with van der Waals surface area (Å²) in [4.78, 5) is 12.5. The summed E-state index contributed by atoms with van der Waals surface area (Å²) in [7, 11) is 1.63. The van der Waals surface area contributed by atoms with Crippen LogP contribution in [0.25, 0.3) is 0 Å². The summed E-state index contributed by atoms with van der Waals surface area (Å²) in [6.45, 7) is 5.94. The molecule has 0 N–H and O–H groups in total. The van der Waals surface area contributed by atoms with Crippen molar-refractivity contribution in [3.05, 3.63) is 64.2 Å². The monoisotopic (exact) mass is 254 g/mol. The summed E-state index contributed by atoms with van der Waals surface area (Å²) in [6, 6.07) is 11.5. The van der Waals surface area contributed by atoms with E-state index in [9.17, 15) is 4.79 Å². The fourth-order valence-corrected chi connectivity index (χ4v) is 2.28. The zero-order chi connectivity index (χ0) is 14.0. The Morgan fingerprint density at radius 2 is 1.58 bits per heavy atom. The second kappa shape index (κ2) is 5.27. The maximum Gasteiger partial charge on any atom is 0.193 e. The van der Waals surface area contributed by atoms with E-state index in [1.54, 1.807) is 7.11 Å². The molecule has 0 unspecified atom stereocenters. The van der Waals surface area contributed by atoms with Crippen LogP contribution in [0.3, 0.4) is 0 Å². The van der Waals surface area contributed by atoms with Gasteiger partial charge in [0.15, 0.2) is 5.78 Å². The standard InChI is InChI=1S/C17H18O2/c1-11-7-12(2)9-14(8-11)17(18)16-6-5-15(19-4)10-13(16)3/h5-10H,1-4H3. The molecular formula is C17H18O2. The lowest BCUT2D eigenvalue weighted by atomic mass is 9.96. The molecule has 0 aliphatic rings. The molecule has 0 heterocycles. The smallest absolute Gasteiger partial charge is 0.193 e. The van der Waals surface area contributed by atoms with Crippen LogP contribution in [-0.2, 0) is 0 Å². The Morgan fingerprint density at radius 3 is 2.11 bits per heavy atom.